The predicted molar refractivity (Wildman–Crippen MR) is 124 cm³/mol. The summed E-state index contributed by atoms with van der Waals surface area (Å²) in [5, 5.41) is 0.441. The molecule has 0 saturated carbocycles. The van der Waals surface area contributed by atoms with Gasteiger partial charge in [0.1, 0.15) is 14.8 Å². The average Bonchev–Trinajstić information content (AvgIpc) is 3.27. The van der Waals surface area contributed by atoms with Crippen molar-refractivity contribution >= 4 is 88.5 Å². The van der Waals surface area contributed by atoms with Crippen LogP contribution in [0.1, 0.15) is 0 Å². The van der Waals surface area contributed by atoms with E-state index in [9.17, 15) is 16.8 Å². The molecule has 4 aromatic rings. The lowest BCUT2D eigenvalue weighted by Gasteiger charge is -2.14. The summed E-state index contributed by atoms with van der Waals surface area (Å²) in [6, 6.07) is 13.3. The highest BCUT2D eigenvalue weighted by atomic mass is 35.5. The van der Waals surface area contributed by atoms with Crippen LogP contribution < -0.4 is 9.44 Å². The quantitative estimate of drug-likeness (QED) is 0.311. The summed E-state index contributed by atoms with van der Waals surface area (Å²) >= 11 is 18.7. The summed E-state index contributed by atoms with van der Waals surface area (Å²) in [5.74, 6) is 0. The molecule has 4 rings (SSSR count). The molecule has 31 heavy (non-hydrogen) atoms. The summed E-state index contributed by atoms with van der Waals surface area (Å²) in [4.78, 5) is -0.231. The van der Waals surface area contributed by atoms with E-state index in [0.717, 1.165) is 11.3 Å². The van der Waals surface area contributed by atoms with Gasteiger partial charge in [0.05, 0.1) is 15.7 Å². The molecule has 0 fully saturated rings. The van der Waals surface area contributed by atoms with Crippen LogP contribution in [0.5, 0.6) is 0 Å². The van der Waals surface area contributed by atoms with E-state index < -0.39 is 20.0 Å². The minimum Gasteiger partial charge on any atom is -0.443 e. The molecule has 162 valence electrons. The highest BCUT2D eigenvalue weighted by Crippen LogP contribution is 2.37. The predicted octanol–water partition coefficient (Wildman–Crippen LogP) is 6.06. The van der Waals surface area contributed by atoms with Gasteiger partial charge in [0.2, 0.25) is 5.09 Å². The van der Waals surface area contributed by atoms with Crippen molar-refractivity contribution in [1.29, 1.82) is 0 Å². The third-order valence-electron chi connectivity index (χ3n) is 4.05. The van der Waals surface area contributed by atoms with Gasteiger partial charge in [-0.25, -0.2) is 8.42 Å². The van der Waals surface area contributed by atoms with E-state index in [4.69, 9.17) is 39.2 Å². The van der Waals surface area contributed by atoms with Gasteiger partial charge in [-0.2, -0.15) is 8.42 Å². The topological polar surface area (TPSA) is 105 Å². The molecule has 0 aliphatic heterocycles. The van der Waals surface area contributed by atoms with Crippen molar-refractivity contribution < 1.29 is 21.3 Å². The van der Waals surface area contributed by atoms with Crippen LogP contribution in [0.25, 0.3) is 11.0 Å². The molecule has 0 radical (unpaired) electrons. The van der Waals surface area contributed by atoms with Gasteiger partial charge in [0, 0.05) is 16.5 Å². The number of sulfonamides is 2. The zero-order chi connectivity index (χ0) is 22.4. The van der Waals surface area contributed by atoms with Crippen molar-refractivity contribution in [2.45, 2.75) is 9.99 Å². The molecular weight excluding hydrogens is 527 g/mol. The van der Waals surface area contributed by atoms with Crippen LogP contribution in [0, 0.1) is 0 Å². The number of nitrogens with one attached hydrogen (secondary N) is 2. The molecular formula is C18H11Cl3N2O5S3. The van der Waals surface area contributed by atoms with Crippen molar-refractivity contribution in [3.05, 3.63) is 68.3 Å². The third kappa shape index (κ3) is 4.64. The van der Waals surface area contributed by atoms with Crippen LogP contribution in [-0.4, -0.2) is 16.8 Å². The molecule has 0 spiro atoms. The first-order chi connectivity index (χ1) is 14.5. The molecule has 0 atom stereocenters. The first-order valence-electron chi connectivity index (χ1n) is 8.34. The molecule has 0 unspecified atom stereocenters. The Morgan fingerprint density at radius 2 is 1.52 bits per heavy atom. The zero-order valence-electron chi connectivity index (χ0n) is 15.1. The Morgan fingerprint density at radius 1 is 0.806 bits per heavy atom. The molecule has 2 N–H and O–H groups in total. The fourth-order valence-electron chi connectivity index (χ4n) is 2.68. The van der Waals surface area contributed by atoms with E-state index in [-0.39, 0.29) is 35.1 Å². The van der Waals surface area contributed by atoms with Crippen molar-refractivity contribution in [3.8, 4) is 0 Å². The lowest BCUT2D eigenvalue weighted by atomic mass is 10.3. The fourth-order valence-corrected chi connectivity index (χ4v) is 7.13. The van der Waals surface area contributed by atoms with Crippen LogP contribution in [-0.2, 0) is 20.0 Å². The lowest BCUT2D eigenvalue weighted by molar-refractivity contribution is 0.484. The molecule has 13 heteroatoms. The molecule has 0 saturated heterocycles. The minimum atomic E-state index is -4.19. The van der Waals surface area contributed by atoms with Gasteiger partial charge in [-0.05, 0) is 30.3 Å². The highest BCUT2D eigenvalue weighted by Gasteiger charge is 2.25. The molecule has 2 aromatic carbocycles. The standard InChI is InChI=1S/C18H11Cl3N2O5S3/c19-11-5-6-12(22-30(24,25)15-9-16(20)29-18(15)21)13(8-11)23-31(26,27)17-7-10-3-1-2-4-14(10)28-17/h1-9,22-23H. The summed E-state index contributed by atoms with van der Waals surface area (Å²) in [5.41, 5.74) is 0.218. The van der Waals surface area contributed by atoms with Crippen molar-refractivity contribution in [1.82, 2.24) is 0 Å². The number of anilines is 2. The molecule has 2 aromatic heterocycles. The maximum absolute atomic E-state index is 12.9. The first-order valence-corrected chi connectivity index (χ1v) is 13.3. The summed E-state index contributed by atoms with van der Waals surface area (Å²) in [6.07, 6.45) is 0. The Morgan fingerprint density at radius 3 is 2.19 bits per heavy atom. The van der Waals surface area contributed by atoms with Gasteiger partial charge in [-0.1, -0.05) is 53.0 Å². The number of para-hydroxylation sites is 1. The molecule has 0 bridgehead atoms. The monoisotopic (exact) mass is 536 g/mol. The van der Waals surface area contributed by atoms with E-state index in [2.05, 4.69) is 9.44 Å². The van der Waals surface area contributed by atoms with Crippen LogP contribution >= 0.6 is 46.1 Å². The number of halogens is 3. The second-order valence-corrected chi connectivity index (χ2v) is 12.2. The maximum atomic E-state index is 12.9. The second-order valence-electron chi connectivity index (χ2n) is 6.19. The molecule has 2 heterocycles. The van der Waals surface area contributed by atoms with E-state index >= 15 is 0 Å². The average molecular weight is 538 g/mol. The number of thiophene rings is 1. The summed E-state index contributed by atoms with van der Waals surface area (Å²) in [6.45, 7) is 0. The zero-order valence-corrected chi connectivity index (χ0v) is 19.8. The molecule has 7 nitrogen and oxygen atoms in total. The van der Waals surface area contributed by atoms with Gasteiger partial charge >= 0.3 is 0 Å². The number of rotatable bonds is 6. The minimum absolute atomic E-state index is 0.0316. The SMILES string of the molecule is O=S(=O)(Nc1cc(Cl)ccc1NS(=O)(=O)c1cc(Cl)sc1Cl)c1cc2ccccc2o1. The summed E-state index contributed by atoms with van der Waals surface area (Å²) < 4.78 is 61.4. The highest BCUT2D eigenvalue weighted by molar-refractivity contribution is 7.93. The van der Waals surface area contributed by atoms with Crippen LogP contribution in [0.4, 0.5) is 11.4 Å². The second kappa shape index (κ2) is 8.19. The van der Waals surface area contributed by atoms with Gasteiger partial charge in [0.25, 0.3) is 20.0 Å². The van der Waals surface area contributed by atoms with E-state index in [1.165, 1.54) is 30.3 Å². The molecule has 0 amide bonds. The molecule has 0 aliphatic rings. The number of hydrogen-bond donors (Lipinski definition) is 2. The van der Waals surface area contributed by atoms with Gasteiger partial charge in [-0.3, -0.25) is 9.44 Å². The summed E-state index contributed by atoms with van der Waals surface area (Å²) in [7, 11) is -8.35. The number of hydrogen-bond acceptors (Lipinski definition) is 6. The largest absolute Gasteiger partial charge is 0.443 e. The fraction of sp³-hybridized carbons (Fsp3) is 0. The normalized spacial score (nSPS) is 12.2. The van der Waals surface area contributed by atoms with Crippen molar-refractivity contribution in [2.75, 3.05) is 9.44 Å². The van der Waals surface area contributed by atoms with Crippen LogP contribution in [0.15, 0.2) is 69.0 Å². The Labute approximate surface area is 196 Å². The number of furan rings is 1. The Bertz CT molecular complexity index is 1480. The Balaban J connectivity index is 1.71. The van der Waals surface area contributed by atoms with E-state index in [1.54, 1.807) is 24.3 Å². The number of fused-ring (bicyclic) bond motifs is 1. The Kier molecular flexibility index (Phi) is 5.88. The van der Waals surface area contributed by atoms with Crippen LogP contribution in [0.2, 0.25) is 13.7 Å². The lowest BCUT2D eigenvalue weighted by Crippen LogP contribution is -2.17. The van der Waals surface area contributed by atoms with Gasteiger partial charge in [0.15, 0.2) is 0 Å². The Hall–Kier alpha value is -1.95. The van der Waals surface area contributed by atoms with E-state index in [0.29, 0.717) is 11.0 Å². The number of benzene rings is 2. The van der Waals surface area contributed by atoms with Gasteiger partial charge < -0.3 is 4.42 Å². The van der Waals surface area contributed by atoms with Crippen molar-refractivity contribution in [2.24, 2.45) is 0 Å². The van der Waals surface area contributed by atoms with Crippen molar-refractivity contribution in [3.63, 3.8) is 0 Å². The maximum Gasteiger partial charge on any atom is 0.295 e. The first kappa shape index (κ1) is 22.3. The van der Waals surface area contributed by atoms with Crippen LogP contribution in [0.3, 0.4) is 0 Å². The van der Waals surface area contributed by atoms with Gasteiger partial charge in [-0.15, -0.1) is 11.3 Å². The van der Waals surface area contributed by atoms with E-state index in [1.807, 2.05) is 0 Å². The molecule has 0 aliphatic carbocycles. The smallest absolute Gasteiger partial charge is 0.295 e. The third-order valence-corrected chi connectivity index (χ3v) is 8.63.